The Morgan fingerprint density at radius 1 is 1.16 bits per heavy atom. The van der Waals surface area contributed by atoms with Crippen molar-refractivity contribution in [1.29, 1.82) is 0 Å². The molecule has 0 spiro atoms. The van der Waals surface area contributed by atoms with E-state index in [-0.39, 0.29) is 12.4 Å². The van der Waals surface area contributed by atoms with Gasteiger partial charge in [0.25, 0.3) is 0 Å². The SMILES string of the molecule is CN(C)C(=NCc1ccccc1)NCC(O)COc1ccc(F)cc1. The lowest BCUT2D eigenvalue weighted by molar-refractivity contribution is 0.110. The number of halogens is 1. The second kappa shape index (κ2) is 9.64. The lowest BCUT2D eigenvalue weighted by atomic mass is 10.2. The van der Waals surface area contributed by atoms with Crippen LogP contribution in [0.3, 0.4) is 0 Å². The molecule has 2 rings (SSSR count). The second-order valence-electron chi connectivity index (χ2n) is 5.82. The Balaban J connectivity index is 1.80. The number of aliphatic imine (C=N–C) groups is 1. The lowest BCUT2D eigenvalue weighted by Crippen LogP contribution is -2.42. The summed E-state index contributed by atoms with van der Waals surface area (Å²) in [5.41, 5.74) is 1.11. The smallest absolute Gasteiger partial charge is 0.193 e. The van der Waals surface area contributed by atoms with Crippen molar-refractivity contribution in [1.82, 2.24) is 10.2 Å². The summed E-state index contributed by atoms with van der Waals surface area (Å²) in [5.74, 6) is 0.885. The molecule has 0 aliphatic heterocycles. The summed E-state index contributed by atoms with van der Waals surface area (Å²) in [6, 6.07) is 15.7. The van der Waals surface area contributed by atoms with Crippen LogP contribution in [0.15, 0.2) is 59.6 Å². The molecule has 0 bridgehead atoms. The predicted octanol–water partition coefficient (Wildman–Crippen LogP) is 2.27. The number of nitrogens with one attached hydrogen (secondary N) is 1. The third kappa shape index (κ3) is 6.81. The minimum absolute atomic E-state index is 0.109. The molecule has 2 N–H and O–H groups in total. The van der Waals surface area contributed by atoms with Gasteiger partial charge in [0.05, 0.1) is 6.54 Å². The van der Waals surface area contributed by atoms with Crippen LogP contribution in [0.2, 0.25) is 0 Å². The zero-order valence-corrected chi connectivity index (χ0v) is 14.5. The maximum atomic E-state index is 12.8. The van der Waals surface area contributed by atoms with Crippen molar-refractivity contribution in [3.63, 3.8) is 0 Å². The molecule has 5 nitrogen and oxygen atoms in total. The van der Waals surface area contributed by atoms with E-state index in [9.17, 15) is 9.50 Å². The van der Waals surface area contributed by atoms with Crippen LogP contribution in [0.25, 0.3) is 0 Å². The fourth-order valence-electron chi connectivity index (χ4n) is 2.10. The Labute approximate surface area is 147 Å². The number of aliphatic hydroxyl groups excluding tert-OH is 1. The van der Waals surface area contributed by atoms with E-state index < -0.39 is 6.10 Å². The molecule has 1 atom stereocenters. The second-order valence-corrected chi connectivity index (χ2v) is 5.82. The maximum Gasteiger partial charge on any atom is 0.193 e. The van der Waals surface area contributed by atoms with Crippen LogP contribution in [-0.2, 0) is 6.54 Å². The molecule has 6 heteroatoms. The highest BCUT2D eigenvalue weighted by Gasteiger charge is 2.08. The number of aliphatic hydroxyl groups is 1. The van der Waals surface area contributed by atoms with E-state index in [0.717, 1.165) is 5.56 Å². The van der Waals surface area contributed by atoms with Gasteiger partial charge in [0.1, 0.15) is 24.3 Å². The average Bonchev–Trinajstić information content (AvgIpc) is 2.61. The average molecular weight is 345 g/mol. The van der Waals surface area contributed by atoms with E-state index >= 15 is 0 Å². The number of nitrogens with zero attached hydrogens (tertiary/aromatic N) is 2. The van der Waals surface area contributed by atoms with Crippen molar-refractivity contribution in [3.05, 3.63) is 66.0 Å². The first-order valence-electron chi connectivity index (χ1n) is 8.10. The molecule has 0 saturated heterocycles. The zero-order valence-electron chi connectivity index (χ0n) is 14.5. The number of rotatable bonds is 7. The van der Waals surface area contributed by atoms with E-state index in [2.05, 4.69) is 10.3 Å². The first-order valence-corrected chi connectivity index (χ1v) is 8.10. The molecule has 134 valence electrons. The van der Waals surface area contributed by atoms with E-state index in [1.807, 2.05) is 49.3 Å². The van der Waals surface area contributed by atoms with E-state index in [1.165, 1.54) is 24.3 Å². The molecule has 0 heterocycles. The van der Waals surface area contributed by atoms with Crippen molar-refractivity contribution in [2.45, 2.75) is 12.6 Å². The number of guanidine groups is 1. The molecule has 0 amide bonds. The van der Waals surface area contributed by atoms with E-state index in [4.69, 9.17) is 4.74 Å². The normalized spacial score (nSPS) is 12.6. The standard InChI is InChI=1S/C19H24FN3O2/c1-23(2)19(21-12-15-6-4-3-5-7-15)22-13-17(24)14-25-18-10-8-16(20)9-11-18/h3-11,17,24H,12-14H2,1-2H3,(H,21,22). The number of hydrogen-bond acceptors (Lipinski definition) is 3. The molecule has 2 aromatic rings. The van der Waals surface area contributed by atoms with Gasteiger partial charge in [0.15, 0.2) is 5.96 Å². The van der Waals surface area contributed by atoms with Crippen molar-refractivity contribution in [2.24, 2.45) is 4.99 Å². The number of hydrogen-bond donors (Lipinski definition) is 2. The molecule has 0 aliphatic carbocycles. The molecule has 0 radical (unpaired) electrons. The van der Waals surface area contributed by atoms with Gasteiger partial charge in [-0.2, -0.15) is 0 Å². The summed E-state index contributed by atoms with van der Waals surface area (Å²) < 4.78 is 18.3. The molecule has 2 aromatic carbocycles. The van der Waals surface area contributed by atoms with Crippen LogP contribution < -0.4 is 10.1 Å². The third-order valence-electron chi connectivity index (χ3n) is 3.43. The fraction of sp³-hybridized carbons (Fsp3) is 0.316. The molecular formula is C19H24FN3O2. The summed E-state index contributed by atoms with van der Waals surface area (Å²) in [6.07, 6.45) is -0.716. The molecule has 0 aromatic heterocycles. The molecule has 25 heavy (non-hydrogen) atoms. The number of benzene rings is 2. The van der Waals surface area contributed by atoms with Gasteiger partial charge in [-0.15, -0.1) is 0 Å². The van der Waals surface area contributed by atoms with Crippen molar-refractivity contribution in [2.75, 3.05) is 27.2 Å². The molecule has 0 aliphatic rings. The minimum Gasteiger partial charge on any atom is -0.491 e. The first kappa shape index (κ1) is 18.7. The van der Waals surface area contributed by atoms with Gasteiger partial charge in [-0.3, -0.25) is 0 Å². The van der Waals surface area contributed by atoms with E-state index in [0.29, 0.717) is 24.8 Å². The lowest BCUT2D eigenvalue weighted by Gasteiger charge is -2.20. The monoisotopic (exact) mass is 345 g/mol. The van der Waals surface area contributed by atoms with Crippen LogP contribution in [0.4, 0.5) is 4.39 Å². The van der Waals surface area contributed by atoms with Crippen molar-refractivity contribution in [3.8, 4) is 5.75 Å². The summed E-state index contributed by atoms with van der Waals surface area (Å²) in [7, 11) is 3.77. The zero-order chi connectivity index (χ0) is 18.1. The van der Waals surface area contributed by atoms with Gasteiger partial charge >= 0.3 is 0 Å². The van der Waals surface area contributed by atoms with E-state index in [1.54, 1.807) is 0 Å². The molecule has 0 saturated carbocycles. The predicted molar refractivity (Wildman–Crippen MR) is 97.2 cm³/mol. The summed E-state index contributed by atoms with van der Waals surface area (Å²) in [4.78, 5) is 6.39. The van der Waals surface area contributed by atoms with Crippen LogP contribution in [-0.4, -0.2) is 49.3 Å². The van der Waals surface area contributed by atoms with Crippen LogP contribution in [0, 0.1) is 5.82 Å². The highest BCUT2D eigenvalue weighted by molar-refractivity contribution is 5.79. The Bertz CT molecular complexity index is 660. The summed E-state index contributed by atoms with van der Waals surface area (Å²) in [5, 5.41) is 13.2. The number of ether oxygens (including phenoxy) is 1. The van der Waals surface area contributed by atoms with Gasteiger partial charge in [-0.05, 0) is 29.8 Å². The Kier molecular flexibility index (Phi) is 7.22. The largest absolute Gasteiger partial charge is 0.491 e. The highest BCUT2D eigenvalue weighted by Crippen LogP contribution is 2.11. The molecular weight excluding hydrogens is 321 g/mol. The van der Waals surface area contributed by atoms with Gasteiger partial charge in [0, 0.05) is 20.6 Å². The quantitative estimate of drug-likeness (QED) is 0.597. The van der Waals surface area contributed by atoms with Gasteiger partial charge in [-0.1, -0.05) is 30.3 Å². The summed E-state index contributed by atoms with van der Waals surface area (Å²) >= 11 is 0. The minimum atomic E-state index is -0.716. The van der Waals surface area contributed by atoms with Crippen molar-refractivity contribution < 1.29 is 14.2 Å². The summed E-state index contributed by atoms with van der Waals surface area (Å²) in [6.45, 7) is 0.967. The Morgan fingerprint density at radius 3 is 2.48 bits per heavy atom. The Hall–Kier alpha value is -2.60. The van der Waals surface area contributed by atoms with Gasteiger partial charge in [0.2, 0.25) is 0 Å². The third-order valence-corrected chi connectivity index (χ3v) is 3.43. The maximum absolute atomic E-state index is 12.8. The van der Waals surface area contributed by atoms with Gasteiger partial charge in [-0.25, -0.2) is 9.38 Å². The topological polar surface area (TPSA) is 57.1 Å². The first-order chi connectivity index (χ1) is 12.0. The Morgan fingerprint density at radius 2 is 1.84 bits per heavy atom. The molecule has 0 fully saturated rings. The van der Waals surface area contributed by atoms with Crippen molar-refractivity contribution >= 4 is 5.96 Å². The molecule has 1 unspecified atom stereocenters. The fourth-order valence-corrected chi connectivity index (χ4v) is 2.10. The van der Waals surface area contributed by atoms with Crippen LogP contribution >= 0.6 is 0 Å². The highest BCUT2D eigenvalue weighted by atomic mass is 19.1. The van der Waals surface area contributed by atoms with Crippen LogP contribution in [0.5, 0.6) is 5.75 Å². The van der Waals surface area contributed by atoms with Crippen LogP contribution in [0.1, 0.15) is 5.56 Å². The van der Waals surface area contributed by atoms with Gasteiger partial charge < -0.3 is 20.1 Å².